The Balaban J connectivity index is 1.68. The number of rotatable bonds is 8. The van der Waals surface area contributed by atoms with Crippen LogP contribution in [0.4, 0.5) is 0 Å². The number of hydrogen-bond donors (Lipinski definition) is 1. The van der Waals surface area contributed by atoms with E-state index < -0.39 is 0 Å². The molecule has 2 rings (SSSR count). The van der Waals surface area contributed by atoms with Crippen LogP contribution in [0.15, 0.2) is 4.52 Å². The van der Waals surface area contributed by atoms with E-state index in [1.54, 1.807) is 0 Å². The third-order valence-corrected chi connectivity index (χ3v) is 5.22. The SMILES string of the molecule is CCNC(C)CCc1nc(CSC2CCCCC2)no1. The number of nitrogens with zero attached hydrogens (tertiary/aromatic N) is 2. The summed E-state index contributed by atoms with van der Waals surface area (Å²) < 4.78 is 5.33. The molecule has 0 aromatic carbocycles. The summed E-state index contributed by atoms with van der Waals surface area (Å²) in [6.45, 7) is 5.33. The number of aryl methyl sites for hydroxylation is 1. The minimum Gasteiger partial charge on any atom is -0.339 e. The van der Waals surface area contributed by atoms with Crippen LogP contribution in [0.2, 0.25) is 0 Å². The average Bonchev–Trinajstić information content (AvgIpc) is 2.92. The summed E-state index contributed by atoms with van der Waals surface area (Å²) in [5.74, 6) is 2.55. The molecule has 1 N–H and O–H groups in total. The van der Waals surface area contributed by atoms with E-state index in [0.717, 1.165) is 42.1 Å². The third-order valence-electron chi connectivity index (χ3n) is 3.85. The molecule has 1 heterocycles. The first-order chi connectivity index (χ1) is 9.78. The van der Waals surface area contributed by atoms with Gasteiger partial charge in [-0.15, -0.1) is 0 Å². The normalized spacial score (nSPS) is 18.3. The van der Waals surface area contributed by atoms with E-state index in [1.165, 1.54) is 32.1 Å². The number of nitrogens with one attached hydrogen (secondary N) is 1. The highest BCUT2D eigenvalue weighted by molar-refractivity contribution is 7.99. The van der Waals surface area contributed by atoms with Crippen LogP contribution in [-0.2, 0) is 12.2 Å². The summed E-state index contributed by atoms with van der Waals surface area (Å²) in [7, 11) is 0. The minimum absolute atomic E-state index is 0.506. The number of hydrogen-bond acceptors (Lipinski definition) is 5. The van der Waals surface area contributed by atoms with Crippen LogP contribution in [0, 0.1) is 0 Å². The van der Waals surface area contributed by atoms with Gasteiger partial charge < -0.3 is 9.84 Å². The Morgan fingerprint density at radius 1 is 1.35 bits per heavy atom. The molecule has 0 radical (unpaired) electrons. The van der Waals surface area contributed by atoms with Crippen molar-refractivity contribution in [2.75, 3.05) is 6.54 Å². The van der Waals surface area contributed by atoms with Gasteiger partial charge in [0.1, 0.15) is 0 Å². The fourth-order valence-corrected chi connectivity index (χ4v) is 3.83. The second-order valence-electron chi connectivity index (χ2n) is 5.67. The Morgan fingerprint density at radius 3 is 2.90 bits per heavy atom. The molecule has 1 atom stereocenters. The molecule has 1 aromatic rings. The molecule has 20 heavy (non-hydrogen) atoms. The molecule has 0 amide bonds. The van der Waals surface area contributed by atoms with Crippen LogP contribution in [0.3, 0.4) is 0 Å². The van der Waals surface area contributed by atoms with Crippen molar-refractivity contribution >= 4 is 11.8 Å². The Labute approximate surface area is 126 Å². The van der Waals surface area contributed by atoms with Crippen LogP contribution >= 0.6 is 11.8 Å². The molecule has 114 valence electrons. The molecule has 0 bridgehead atoms. The lowest BCUT2D eigenvalue weighted by Gasteiger charge is -2.19. The second kappa shape index (κ2) is 8.67. The molecule has 1 aliphatic rings. The largest absolute Gasteiger partial charge is 0.339 e. The molecule has 4 nitrogen and oxygen atoms in total. The quantitative estimate of drug-likeness (QED) is 0.795. The highest BCUT2D eigenvalue weighted by atomic mass is 32.2. The van der Waals surface area contributed by atoms with Crippen molar-refractivity contribution in [3.8, 4) is 0 Å². The highest BCUT2D eigenvalue weighted by Gasteiger charge is 2.15. The fourth-order valence-electron chi connectivity index (χ4n) is 2.67. The van der Waals surface area contributed by atoms with Gasteiger partial charge in [-0.05, 0) is 32.7 Å². The zero-order valence-electron chi connectivity index (χ0n) is 12.7. The molecule has 1 aliphatic carbocycles. The summed E-state index contributed by atoms with van der Waals surface area (Å²) in [4.78, 5) is 4.50. The molecule has 1 saturated carbocycles. The van der Waals surface area contributed by atoms with E-state index in [0.29, 0.717) is 6.04 Å². The third kappa shape index (κ3) is 5.44. The molecule has 0 saturated heterocycles. The van der Waals surface area contributed by atoms with E-state index >= 15 is 0 Å². The van der Waals surface area contributed by atoms with Gasteiger partial charge >= 0.3 is 0 Å². The van der Waals surface area contributed by atoms with Crippen LogP contribution in [0.5, 0.6) is 0 Å². The Morgan fingerprint density at radius 2 is 2.15 bits per heavy atom. The first-order valence-corrected chi connectivity index (χ1v) is 8.99. The first-order valence-electron chi connectivity index (χ1n) is 7.94. The molecular formula is C15H27N3OS. The van der Waals surface area contributed by atoms with E-state index in [1.807, 2.05) is 11.8 Å². The predicted molar refractivity (Wildman–Crippen MR) is 83.9 cm³/mol. The van der Waals surface area contributed by atoms with Gasteiger partial charge in [0.25, 0.3) is 0 Å². The van der Waals surface area contributed by atoms with Gasteiger partial charge in [-0.25, -0.2) is 0 Å². The minimum atomic E-state index is 0.506. The highest BCUT2D eigenvalue weighted by Crippen LogP contribution is 2.29. The Hall–Kier alpha value is -0.550. The fraction of sp³-hybridized carbons (Fsp3) is 0.867. The zero-order valence-corrected chi connectivity index (χ0v) is 13.5. The van der Waals surface area contributed by atoms with Crippen LogP contribution in [0.1, 0.15) is 64.1 Å². The van der Waals surface area contributed by atoms with Gasteiger partial charge in [0.2, 0.25) is 5.89 Å². The van der Waals surface area contributed by atoms with E-state index in [2.05, 4.69) is 29.3 Å². The van der Waals surface area contributed by atoms with Crippen molar-refractivity contribution in [2.24, 2.45) is 0 Å². The second-order valence-corrected chi connectivity index (χ2v) is 6.96. The van der Waals surface area contributed by atoms with Crippen LogP contribution in [-0.4, -0.2) is 28.0 Å². The van der Waals surface area contributed by atoms with Gasteiger partial charge in [0.05, 0.1) is 5.75 Å². The Kier molecular flexibility index (Phi) is 6.87. The molecule has 5 heteroatoms. The summed E-state index contributed by atoms with van der Waals surface area (Å²) in [5, 5.41) is 8.30. The van der Waals surface area contributed by atoms with Gasteiger partial charge in [-0.3, -0.25) is 0 Å². The lowest BCUT2D eigenvalue weighted by molar-refractivity contribution is 0.364. The zero-order chi connectivity index (χ0) is 14.2. The van der Waals surface area contributed by atoms with Crippen molar-refractivity contribution in [2.45, 2.75) is 75.8 Å². The lowest BCUT2D eigenvalue weighted by Crippen LogP contribution is -2.25. The van der Waals surface area contributed by atoms with Gasteiger partial charge in [0, 0.05) is 17.7 Å². The summed E-state index contributed by atoms with van der Waals surface area (Å²) in [6.07, 6.45) is 8.81. The van der Waals surface area contributed by atoms with Crippen molar-refractivity contribution in [1.29, 1.82) is 0 Å². The smallest absolute Gasteiger partial charge is 0.226 e. The van der Waals surface area contributed by atoms with E-state index in [-0.39, 0.29) is 0 Å². The summed E-state index contributed by atoms with van der Waals surface area (Å²) in [6, 6.07) is 0.506. The summed E-state index contributed by atoms with van der Waals surface area (Å²) >= 11 is 2.00. The van der Waals surface area contributed by atoms with E-state index in [9.17, 15) is 0 Å². The van der Waals surface area contributed by atoms with Gasteiger partial charge in [0.15, 0.2) is 5.82 Å². The maximum absolute atomic E-state index is 5.33. The van der Waals surface area contributed by atoms with Crippen molar-refractivity contribution in [3.05, 3.63) is 11.7 Å². The molecule has 0 spiro atoms. The van der Waals surface area contributed by atoms with Gasteiger partial charge in [-0.1, -0.05) is 31.3 Å². The molecule has 0 aliphatic heterocycles. The topological polar surface area (TPSA) is 51.0 Å². The molecule has 1 fully saturated rings. The maximum atomic E-state index is 5.33. The summed E-state index contributed by atoms with van der Waals surface area (Å²) in [5.41, 5.74) is 0. The van der Waals surface area contributed by atoms with Crippen molar-refractivity contribution in [1.82, 2.24) is 15.5 Å². The first kappa shape index (κ1) is 15.8. The van der Waals surface area contributed by atoms with Crippen molar-refractivity contribution < 1.29 is 4.52 Å². The van der Waals surface area contributed by atoms with E-state index in [4.69, 9.17) is 4.52 Å². The maximum Gasteiger partial charge on any atom is 0.226 e. The number of thioether (sulfide) groups is 1. The predicted octanol–water partition coefficient (Wildman–Crippen LogP) is 3.57. The van der Waals surface area contributed by atoms with Gasteiger partial charge in [-0.2, -0.15) is 16.7 Å². The number of aromatic nitrogens is 2. The standard InChI is InChI=1S/C15H27N3OS/c1-3-16-12(2)9-10-15-17-14(18-19-15)11-20-13-7-5-4-6-8-13/h12-13,16H,3-11H2,1-2H3. The molecular weight excluding hydrogens is 270 g/mol. The lowest BCUT2D eigenvalue weighted by atomic mass is 10.0. The molecule has 1 unspecified atom stereocenters. The van der Waals surface area contributed by atoms with Crippen molar-refractivity contribution in [3.63, 3.8) is 0 Å². The average molecular weight is 297 g/mol. The van der Waals surface area contributed by atoms with Crippen LogP contribution < -0.4 is 5.32 Å². The van der Waals surface area contributed by atoms with Crippen LogP contribution in [0.25, 0.3) is 0 Å². The molecule has 1 aromatic heterocycles. The Bertz CT molecular complexity index is 377. The monoisotopic (exact) mass is 297 g/mol.